The van der Waals surface area contributed by atoms with E-state index in [9.17, 15) is 18.0 Å². The number of amides is 3. The molecule has 0 aromatic carbocycles. The fraction of sp³-hybridized carbons (Fsp3) is 0.786. The fourth-order valence-corrected chi connectivity index (χ4v) is 5.43. The first kappa shape index (κ1) is 16.2. The van der Waals surface area contributed by atoms with Gasteiger partial charge in [0, 0.05) is 20.1 Å². The molecular weight excluding hydrogens is 320 g/mol. The molecule has 8 nitrogen and oxygen atoms in total. The van der Waals surface area contributed by atoms with Gasteiger partial charge in [-0.2, -0.15) is 9.98 Å². The fourth-order valence-electron chi connectivity index (χ4n) is 3.57. The van der Waals surface area contributed by atoms with Crippen molar-refractivity contribution >= 4 is 22.0 Å². The molecular formula is C14H20N4O4S. The summed E-state index contributed by atoms with van der Waals surface area (Å²) in [4.78, 5) is 26.9. The molecule has 3 atom stereocenters. The molecule has 3 rings (SSSR count). The molecule has 1 aliphatic heterocycles. The summed E-state index contributed by atoms with van der Waals surface area (Å²) in [6.07, 6.45) is 2.09. The summed E-state index contributed by atoms with van der Waals surface area (Å²) in [6.45, 7) is 0. The van der Waals surface area contributed by atoms with Crippen LogP contribution < -0.4 is 4.72 Å². The third-order valence-corrected chi connectivity index (χ3v) is 7.22. The highest BCUT2D eigenvalue weighted by Gasteiger charge is 2.52. The van der Waals surface area contributed by atoms with Gasteiger partial charge in [0.05, 0.1) is 17.2 Å². The summed E-state index contributed by atoms with van der Waals surface area (Å²) < 4.78 is 27.6. The molecule has 2 saturated carbocycles. The van der Waals surface area contributed by atoms with Crippen molar-refractivity contribution in [3.8, 4) is 6.07 Å². The van der Waals surface area contributed by atoms with Gasteiger partial charge in [-0.15, -0.1) is 0 Å². The summed E-state index contributed by atoms with van der Waals surface area (Å²) in [5, 5.41) is 8.36. The second kappa shape index (κ2) is 5.18. The molecule has 23 heavy (non-hydrogen) atoms. The summed E-state index contributed by atoms with van der Waals surface area (Å²) in [7, 11) is -0.597. The minimum atomic E-state index is -3.66. The topological polar surface area (TPSA) is 111 Å². The minimum absolute atomic E-state index is 0.183. The molecule has 0 aromatic rings. The first-order valence-corrected chi connectivity index (χ1v) is 9.24. The lowest BCUT2D eigenvalue weighted by atomic mass is 9.81. The molecule has 2 aliphatic carbocycles. The lowest BCUT2D eigenvalue weighted by Gasteiger charge is -2.45. The molecule has 3 fully saturated rings. The van der Waals surface area contributed by atoms with Crippen molar-refractivity contribution < 1.29 is 18.0 Å². The molecule has 0 aromatic heterocycles. The first-order valence-electron chi connectivity index (χ1n) is 7.69. The van der Waals surface area contributed by atoms with Crippen LogP contribution in [0.4, 0.5) is 4.79 Å². The van der Waals surface area contributed by atoms with Gasteiger partial charge in [0.25, 0.3) is 0 Å². The normalized spacial score (nSPS) is 33.2. The van der Waals surface area contributed by atoms with Gasteiger partial charge in [-0.1, -0.05) is 0 Å². The summed E-state index contributed by atoms with van der Waals surface area (Å²) >= 11 is 0. The maximum Gasteiger partial charge on any atom is 0.326 e. The van der Waals surface area contributed by atoms with Crippen LogP contribution in [0.2, 0.25) is 0 Å². The van der Waals surface area contributed by atoms with E-state index in [2.05, 4.69) is 4.72 Å². The Balaban J connectivity index is 1.78. The molecule has 1 saturated heterocycles. The van der Waals surface area contributed by atoms with Crippen molar-refractivity contribution in [3.63, 3.8) is 0 Å². The highest BCUT2D eigenvalue weighted by molar-refractivity contribution is 7.90. The van der Waals surface area contributed by atoms with Crippen LogP contribution in [0, 0.1) is 17.2 Å². The number of carbonyl (C=O) groups excluding carboxylic acids is 2. The van der Waals surface area contributed by atoms with Crippen LogP contribution in [0.1, 0.15) is 32.1 Å². The second-order valence-electron chi connectivity index (χ2n) is 6.74. The lowest BCUT2D eigenvalue weighted by molar-refractivity contribution is -0.138. The van der Waals surface area contributed by atoms with Crippen molar-refractivity contribution in [2.75, 3.05) is 14.1 Å². The van der Waals surface area contributed by atoms with E-state index in [1.54, 1.807) is 7.05 Å². The zero-order valence-electron chi connectivity index (χ0n) is 13.2. The van der Waals surface area contributed by atoms with E-state index >= 15 is 0 Å². The van der Waals surface area contributed by atoms with Crippen molar-refractivity contribution in [2.24, 2.45) is 5.92 Å². The zero-order valence-corrected chi connectivity index (χ0v) is 14.0. The Kier molecular flexibility index (Phi) is 3.65. The molecule has 3 amide bonds. The number of fused-ring (bicyclic) bond motifs is 1. The maximum absolute atomic E-state index is 12.5. The Labute approximate surface area is 135 Å². The van der Waals surface area contributed by atoms with E-state index in [0.717, 1.165) is 4.90 Å². The molecule has 0 spiro atoms. The SMILES string of the molecule is CN1C(=O)C2CC(S(=O)(=O)NC3(C#N)CC3)CCC2N(C)C1=O. The number of urea groups is 1. The average Bonchev–Trinajstić information content (AvgIpc) is 3.29. The molecule has 1 heterocycles. The van der Waals surface area contributed by atoms with Crippen LogP contribution in [-0.4, -0.2) is 61.1 Å². The van der Waals surface area contributed by atoms with E-state index < -0.39 is 26.7 Å². The number of nitrogens with zero attached hydrogens (tertiary/aromatic N) is 3. The Morgan fingerprint density at radius 1 is 1.26 bits per heavy atom. The number of hydrogen-bond donors (Lipinski definition) is 1. The summed E-state index contributed by atoms with van der Waals surface area (Å²) in [5.74, 6) is -0.824. The highest BCUT2D eigenvalue weighted by atomic mass is 32.2. The van der Waals surface area contributed by atoms with Gasteiger partial charge < -0.3 is 4.90 Å². The van der Waals surface area contributed by atoms with Crippen molar-refractivity contribution in [1.82, 2.24) is 14.5 Å². The van der Waals surface area contributed by atoms with E-state index in [1.807, 2.05) is 6.07 Å². The van der Waals surface area contributed by atoms with Gasteiger partial charge >= 0.3 is 6.03 Å². The Bertz CT molecular complexity index is 694. The molecule has 0 bridgehead atoms. The molecule has 3 aliphatic rings. The van der Waals surface area contributed by atoms with Crippen LogP contribution >= 0.6 is 0 Å². The monoisotopic (exact) mass is 340 g/mol. The first-order chi connectivity index (χ1) is 10.7. The van der Waals surface area contributed by atoms with Crippen LogP contribution in [0.15, 0.2) is 0 Å². The number of nitriles is 1. The van der Waals surface area contributed by atoms with Gasteiger partial charge in [-0.05, 0) is 32.1 Å². The quantitative estimate of drug-likeness (QED) is 0.779. The number of imide groups is 1. The van der Waals surface area contributed by atoms with Crippen molar-refractivity contribution in [2.45, 2.75) is 48.9 Å². The summed E-state index contributed by atoms with van der Waals surface area (Å²) in [5.41, 5.74) is -0.949. The van der Waals surface area contributed by atoms with Crippen LogP contribution in [0.5, 0.6) is 0 Å². The maximum atomic E-state index is 12.5. The molecule has 0 radical (unpaired) electrons. The van der Waals surface area contributed by atoms with Gasteiger partial charge in [0.2, 0.25) is 15.9 Å². The van der Waals surface area contributed by atoms with Crippen molar-refractivity contribution in [1.29, 1.82) is 5.26 Å². The van der Waals surface area contributed by atoms with Gasteiger partial charge in [0.1, 0.15) is 5.54 Å². The molecule has 1 N–H and O–H groups in total. The molecule has 9 heteroatoms. The third kappa shape index (κ3) is 2.60. The largest absolute Gasteiger partial charge is 0.326 e. The standard InChI is InChI=1S/C14H20N4O4S/c1-17-11-4-3-9(7-10(11)12(19)18(2)13(17)20)23(21,22)16-14(8-15)5-6-14/h9-11,16H,3-7H2,1-2H3. The van der Waals surface area contributed by atoms with Crippen LogP contribution in [-0.2, 0) is 14.8 Å². The number of nitrogens with one attached hydrogen (secondary N) is 1. The van der Waals surface area contributed by atoms with Crippen molar-refractivity contribution in [3.05, 3.63) is 0 Å². The summed E-state index contributed by atoms with van der Waals surface area (Å²) in [6, 6.07) is 1.42. The Morgan fingerprint density at radius 2 is 1.91 bits per heavy atom. The molecule has 126 valence electrons. The van der Waals surface area contributed by atoms with Crippen LogP contribution in [0.25, 0.3) is 0 Å². The molecule has 3 unspecified atom stereocenters. The highest BCUT2D eigenvalue weighted by Crippen LogP contribution is 2.39. The average molecular weight is 340 g/mol. The van der Waals surface area contributed by atoms with Gasteiger partial charge in [0.15, 0.2) is 0 Å². The van der Waals surface area contributed by atoms with Crippen LogP contribution in [0.3, 0.4) is 0 Å². The number of sulfonamides is 1. The van der Waals surface area contributed by atoms with Gasteiger partial charge in [-0.3, -0.25) is 9.69 Å². The number of carbonyl (C=O) groups is 2. The smallest absolute Gasteiger partial charge is 0.324 e. The van der Waals surface area contributed by atoms with E-state index in [4.69, 9.17) is 5.26 Å². The third-order valence-electron chi connectivity index (χ3n) is 5.24. The Hall–Kier alpha value is -1.66. The predicted molar refractivity (Wildman–Crippen MR) is 80.5 cm³/mol. The van der Waals surface area contributed by atoms with E-state index in [0.29, 0.717) is 25.7 Å². The number of rotatable bonds is 3. The van der Waals surface area contributed by atoms with E-state index in [-0.39, 0.29) is 24.4 Å². The number of hydrogen-bond acceptors (Lipinski definition) is 5. The predicted octanol–water partition coefficient (Wildman–Crippen LogP) is 0.0231. The minimum Gasteiger partial charge on any atom is -0.324 e. The lowest BCUT2D eigenvalue weighted by Crippen LogP contribution is -2.62. The second-order valence-corrected chi connectivity index (χ2v) is 8.70. The van der Waals surface area contributed by atoms with E-state index in [1.165, 1.54) is 11.9 Å². The zero-order chi connectivity index (χ0) is 17.0. The van der Waals surface area contributed by atoms with Gasteiger partial charge in [-0.25, -0.2) is 13.2 Å². The Morgan fingerprint density at radius 3 is 2.48 bits per heavy atom.